The largest absolute Gasteiger partial charge is 0.441 e. The van der Waals surface area contributed by atoms with Crippen molar-refractivity contribution in [3.63, 3.8) is 0 Å². The molecule has 0 aliphatic heterocycles. The second kappa shape index (κ2) is 6.17. The van der Waals surface area contributed by atoms with Gasteiger partial charge in [-0.3, -0.25) is 4.79 Å². The molecule has 1 aromatic carbocycles. The van der Waals surface area contributed by atoms with Gasteiger partial charge < -0.3 is 9.84 Å². The van der Waals surface area contributed by atoms with Gasteiger partial charge in [-0.1, -0.05) is 17.3 Å². The van der Waals surface area contributed by atoms with Crippen molar-refractivity contribution in [1.82, 2.24) is 10.5 Å². The van der Waals surface area contributed by atoms with Gasteiger partial charge in [-0.15, -0.1) is 0 Å². The number of hydrogen-bond donors (Lipinski definition) is 1. The fraction of sp³-hybridized carbons (Fsp3) is 0.333. The highest BCUT2D eigenvalue weighted by atomic mass is 32.2. The summed E-state index contributed by atoms with van der Waals surface area (Å²) in [7, 11) is 0. The molecular formula is C12H11F3N2O2S. The van der Waals surface area contributed by atoms with E-state index in [9.17, 15) is 18.0 Å². The molecule has 2 rings (SSSR count). The van der Waals surface area contributed by atoms with Crippen LogP contribution in [0.2, 0.25) is 0 Å². The minimum Gasteiger partial charge on any atom is -0.356 e. The van der Waals surface area contributed by atoms with Gasteiger partial charge in [0.1, 0.15) is 5.69 Å². The molecule has 1 aromatic heterocycles. The molecule has 0 radical (unpaired) electrons. The van der Waals surface area contributed by atoms with Crippen molar-refractivity contribution < 1.29 is 22.5 Å². The summed E-state index contributed by atoms with van der Waals surface area (Å²) in [5.74, 6) is -0.596. The average Bonchev–Trinajstić information content (AvgIpc) is 2.77. The fourth-order valence-electron chi connectivity index (χ4n) is 1.64. The first-order valence-corrected chi connectivity index (χ1v) is 6.75. The van der Waals surface area contributed by atoms with Crippen LogP contribution in [-0.2, 0) is 11.2 Å². The van der Waals surface area contributed by atoms with Crippen LogP contribution in [0.1, 0.15) is 5.69 Å². The molecular weight excluding hydrogens is 293 g/mol. The van der Waals surface area contributed by atoms with Crippen LogP contribution in [0.3, 0.4) is 0 Å². The Morgan fingerprint density at radius 1 is 1.35 bits per heavy atom. The summed E-state index contributed by atoms with van der Waals surface area (Å²) in [6.07, 6.45) is -0.0201. The summed E-state index contributed by atoms with van der Waals surface area (Å²) < 4.78 is 40.7. The normalized spacial score (nSPS) is 11.8. The van der Waals surface area contributed by atoms with Crippen molar-refractivity contribution in [2.24, 2.45) is 0 Å². The van der Waals surface area contributed by atoms with E-state index >= 15 is 0 Å². The number of nitrogens with zero attached hydrogens (tertiary/aromatic N) is 1. The summed E-state index contributed by atoms with van der Waals surface area (Å²) in [5.41, 5.74) is -3.22. The van der Waals surface area contributed by atoms with E-state index in [4.69, 9.17) is 4.52 Å². The van der Waals surface area contributed by atoms with Gasteiger partial charge in [-0.2, -0.15) is 13.2 Å². The number of hydrogen-bond acceptors (Lipinski definition) is 4. The van der Waals surface area contributed by atoms with Gasteiger partial charge in [0.15, 0.2) is 5.58 Å². The number of halogens is 3. The molecule has 0 bridgehead atoms. The molecule has 0 aliphatic carbocycles. The van der Waals surface area contributed by atoms with E-state index in [0.717, 1.165) is 5.39 Å². The van der Waals surface area contributed by atoms with Crippen molar-refractivity contribution in [2.45, 2.75) is 11.9 Å². The minimum atomic E-state index is -4.27. The summed E-state index contributed by atoms with van der Waals surface area (Å²) in [6.45, 7) is -0.0429. The smallest absolute Gasteiger partial charge is 0.356 e. The number of fused-ring (bicyclic) bond motifs is 1. The van der Waals surface area contributed by atoms with Crippen LogP contribution in [0.4, 0.5) is 13.2 Å². The number of carbonyl (C=O) groups is 1. The molecule has 0 saturated carbocycles. The Hall–Kier alpha value is -1.70. The zero-order chi connectivity index (χ0) is 14.6. The molecule has 0 aliphatic rings. The molecule has 1 heterocycles. The van der Waals surface area contributed by atoms with E-state index in [1.165, 1.54) is 0 Å². The van der Waals surface area contributed by atoms with Crippen LogP contribution in [0, 0.1) is 0 Å². The number of aromatic nitrogens is 1. The maximum Gasteiger partial charge on any atom is 0.441 e. The average molecular weight is 304 g/mol. The summed E-state index contributed by atoms with van der Waals surface area (Å²) in [5, 5.41) is 6.93. The van der Waals surface area contributed by atoms with Crippen LogP contribution in [0.5, 0.6) is 0 Å². The number of carbonyl (C=O) groups excluding carboxylic acids is 1. The molecule has 0 atom stereocenters. The first-order chi connectivity index (χ1) is 9.46. The van der Waals surface area contributed by atoms with Gasteiger partial charge >= 0.3 is 5.51 Å². The fourth-order valence-corrected chi connectivity index (χ4v) is 2.07. The van der Waals surface area contributed by atoms with Gasteiger partial charge in [0.2, 0.25) is 5.91 Å². The van der Waals surface area contributed by atoms with Crippen LogP contribution in [0.25, 0.3) is 11.0 Å². The zero-order valence-electron chi connectivity index (χ0n) is 10.2. The predicted octanol–water partition coefficient (Wildman–Crippen LogP) is 2.74. The van der Waals surface area contributed by atoms with Crippen LogP contribution in [0.15, 0.2) is 28.8 Å². The highest BCUT2D eigenvalue weighted by Gasteiger charge is 2.27. The SMILES string of the molecule is O=C(Cc1noc2ccccc12)NCCSC(F)(F)F. The molecule has 0 spiro atoms. The number of benzene rings is 1. The van der Waals surface area contributed by atoms with E-state index in [0.29, 0.717) is 11.3 Å². The Morgan fingerprint density at radius 2 is 2.10 bits per heavy atom. The number of nitrogens with one attached hydrogen (secondary N) is 1. The van der Waals surface area contributed by atoms with Gasteiger partial charge in [0.05, 0.1) is 6.42 Å². The lowest BCUT2D eigenvalue weighted by Crippen LogP contribution is -2.28. The highest BCUT2D eigenvalue weighted by Crippen LogP contribution is 2.29. The summed E-state index contributed by atoms with van der Waals surface area (Å²) in [4.78, 5) is 11.6. The lowest BCUT2D eigenvalue weighted by Gasteiger charge is -2.06. The van der Waals surface area contributed by atoms with Crippen molar-refractivity contribution in [3.05, 3.63) is 30.0 Å². The quantitative estimate of drug-likeness (QED) is 0.863. The van der Waals surface area contributed by atoms with Crippen molar-refractivity contribution in [3.8, 4) is 0 Å². The molecule has 108 valence electrons. The van der Waals surface area contributed by atoms with Crippen molar-refractivity contribution >= 4 is 28.6 Å². The van der Waals surface area contributed by atoms with Crippen LogP contribution >= 0.6 is 11.8 Å². The third-order valence-electron chi connectivity index (χ3n) is 2.47. The molecule has 1 amide bonds. The van der Waals surface area contributed by atoms with Gasteiger partial charge in [0.25, 0.3) is 0 Å². The molecule has 0 fully saturated rings. The van der Waals surface area contributed by atoms with E-state index in [1.807, 2.05) is 0 Å². The predicted molar refractivity (Wildman–Crippen MR) is 69.2 cm³/mol. The zero-order valence-corrected chi connectivity index (χ0v) is 11.1. The molecule has 8 heteroatoms. The van der Waals surface area contributed by atoms with E-state index in [1.54, 1.807) is 24.3 Å². The third kappa shape index (κ3) is 4.16. The molecule has 20 heavy (non-hydrogen) atoms. The van der Waals surface area contributed by atoms with Crippen molar-refractivity contribution in [1.29, 1.82) is 0 Å². The van der Waals surface area contributed by atoms with Crippen molar-refractivity contribution in [2.75, 3.05) is 12.3 Å². The topological polar surface area (TPSA) is 55.1 Å². The Morgan fingerprint density at radius 3 is 2.85 bits per heavy atom. The number of thioether (sulfide) groups is 1. The number of rotatable bonds is 5. The van der Waals surface area contributed by atoms with E-state index in [-0.39, 0.29) is 36.4 Å². The Bertz CT molecular complexity index is 598. The first-order valence-electron chi connectivity index (χ1n) is 5.76. The van der Waals surface area contributed by atoms with Crippen LogP contribution in [-0.4, -0.2) is 28.9 Å². The van der Waals surface area contributed by atoms with E-state index < -0.39 is 5.51 Å². The van der Waals surface area contributed by atoms with Gasteiger partial charge in [-0.25, -0.2) is 0 Å². The standard InChI is InChI=1S/C12H11F3N2O2S/c13-12(14,15)20-6-5-16-11(18)7-9-8-3-1-2-4-10(8)19-17-9/h1-4H,5-7H2,(H,16,18). The van der Waals surface area contributed by atoms with Gasteiger partial charge in [-0.05, 0) is 23.9 Å². The summed E-state index contributed by atoms with van der Waals surface area (Å²) in [6, 6.07) is 7.07. The Kier molecular flexibility index (Phi) is 4.53. The van der Waals surface area contributed by atoms with Crippen LogP contribution < -0.4 is 5.32 Å². The maximum atomic E-state index is 11.9. The third-order valence-corrected chi connectivity index (χ3v) is 3.21. The number of para-hydroxylation sites is 1. The maximum absolute atomic E-state index is 11.9. The van der Waals surface area contributed by atoms with Gasteiger partial charge in [0, 0.05) is 17.7 Å². The highest BCUT2D eigenvalue weighted by molar-refractivity contribution is 8.00. The van der Waals surface area contributed by atoms with E-state index in [2.05, 4.69) is 10.5 Å². The second-order valence-electron chi connectivity index (χ2n) is 3.95. The molecule has 0 saturated heterocycles. The lowest BCUT2D eigenvalue weighted by atomic mass is 10.2. The molecule has 2 aromatic rings. The summed E-state index contributed by atoms with van der Waals surface area (Å²) >= 11 is -0.163. The number of amides is 1. The molecule has 0 unspecified atom stereocenters. The first kappa shape index (κ1) is 14.7. The Labute approximate surface area is 116 Å². The minimum absolute atomic E-state index is 0.0201. The Balaban J connectivity index is 1.83. The number of alkyl halides is 3. The second-order valence-corrected chi connectivity index (χ2v) is 5.11. The monoisotopic (exact) mass is 304 g/mol. The molecule has 4 nitrogen and oxygen atoms in total. The molecule has 1 N–H and O–H groups in total. The lowest BCUT2D eigenvalue weighted by molar-refractivity contribution is -0.120.